The molecule has 7 nitrogen and oxygen atoms in total. The van der Waals surface area contributed by atoms with Gasteiger partial charge in [-0.25, -0.2) is 9.59 Å². The minimum atomic E-state index is -1.33. The summed E-state index contributed by atoms with van der Waals surface area (Å²) in [5.74, 6) is -3.16. The molecule has 0 unspecified atom stereocenters. The number of aliphatic hydroxyl groups is 3. The molecule has 3 N–H and O–H groups in total. The average molecular weight is 376 g/mol. The highest BCUT2D eigenvalue weighted by atomic mass is 16.6. The highest BCUT2D eigenvalue weighted by Gasteiger charge is 2.58. The van der Waals surface area contributed by atoms with Crippen molar-refractivity contribution in [3.8, 4) is 0 Å². The summed E-state index contributed by atoms with van der Waals surface area (Å²) in [6.07, 6.45) is -1.04. The van der Waals surface area contributed by atoms with Crippen LogP contribution in [0.1, 0.15) is 13.8 Å². The van der Waals surface area contributed by atoms with Gasteiger partial charge in [0, 0.05) is 17.4 Å². The quantitative estimate of drug-likeness (QED) is 0.372. The van der Waals surface area contributed by atoms with Crippen LogP contribution in [-0.2, 0) is 19.1 Å². The van der Waals surface area contributed by atoms with E-state index in [2.05, 4.69) is 13.2 Å². The first-order valence-electron chi connectivity index (χ1n) is 8.82. The third-order valence-corrected chi connectivity index (χ3v) is 5.83. The molecule has 1 aliphatic heterocycles. The summed E-state index contributed by atoms with van der Waals surface area (Å²) in [5.41, 5.74) is 1.25. The molecule has 1 saturated carbocycles. The van der Waals surface area contributed by atoms with E-state index in [9.17, 15) is 24.9 Å². The van der Waals surface area contributed by atoms with E-state index in [1.165, 1.54) is 6.08 Å². The molecule has 3 rings (SSSR count). The Morgan fingerprint density at radius 2 is 1.96 bits per heavy atom. The lowest BCUT2D eigenvalue weighted by atomic mass is 9.79. The van der Waals surface area contributed by atoms with Crippen LogP contribution in [0.4, 0.5) is 0 Å². The molecule has 0 aromatic heterocycles. The Bertz CT molecular complexity index is 762. The van der Waals surface area contributed by atoms with E-state index in [1.807, 2.05) is 6.92 Å². The molecule has 2 aliphatic carbocycles. The Balaban J connectivity index is 2.04. The lowest BCUT2D eigenvalue weighted by molar-refractivity contribution is -0.154. The zero-order chi connectivity index (χ0) is 20.0. The number of hydrogen-bond acceptors (Lipinski definition) is 7. The lowest BCUT2D eigenvalue weighted by Gasteiger charge is -2.29. The number of aliphatic hydroxyl groups excluding tert-OH is 3. The van der Waals surface area contributed by atoms with Gasteiger partial charge in [0.1, 0.15) is 18.3 Å². The molecule has 0 bridgehead atoms. The lowest BCUT2D eigenvalue weighted by Crippen LogP contribution is -2.42. The van der Waals surface area contributed by atoms with Crippen LogP contribution in [0.5, 0.6) is 0 Å². The van der Waals surface area contributed by atoms with Crippen molar-refractivity contribution in [2.75, 3.05) is 6.61 Å². The van der Waals surface area contributed by atoms with E-state index in [0.717, 1.165) is 5.57 Å². The van der Waals surface area contributed by atoms with Crippen LogP contribution in [-0.4, -0.2) is 58.3 Å². The maximum atomic E-state index is 12.4. The van der Waals surface area contributed by atoms with Gasteiger partial charge in [0.25, 0.3) is 0 Å². The van der Waals surface area contributed by atoms with E-state index < -0.39 is 60.7 Å². The highest BCUT2D eigenvalue weighted by molar-refractivity contribution is 5.92. The second-order valence-electron chi connectivity index (χ2n) is 7.24. The molecule has 0 aromatic carbocycles. The maximum absolute atomic E-state index is 12.4. The molecule has 0 radical (unpaired) electrons. The van der Waals surface area contributed by atoms with Gasteiger partial charge >= 0.3 is 11.9 Å². The summed E-state index contributed by atoms with van der Waals surface area (Å²) in [4.78, 5) is 24.6. The summed E-state index contributed by atoms with van der Waals surface area (Å²) in [7, 11) is 0. The van der Waals surface area contributed by atoms with Crippen LogP contribution >= 0.6 is 0 Å². The van der Waals surface area contributed by atoms with Gasteiger partial charge in [-0.1, -0.05) is 30.9 Å². The number of fused-ring (bicyclic) bond motifs is 3. The van der Waals surface area contributed by atoms with Crippen LogP contribution in [0.3, 0.4) is 0 Å². The predicted molar refractivity (Wildman–Crippen MR) is 95.1 cm³/mol. The smallest absolute Gasteiger partial charge is 0.336 e. The van der Waals surface area contributed by atoms with Crippen molar-refractivity contribution in [1.82, 2.24) is 0 Å². The van der Waals surface area contributed by atoms with Crippen molar-refractivity contribution < 1.29 is 34.4 Å². The van der Waals surface area contributed by atoms with E-state index >= 15 is 0 Å². The molecular weight excluding hydrogens is 352 g/mol. The molecular formula is C20H24O7. The zero-order valence-electron chi connectivity index (χ0n) is 15.3. The van der Waals surface area contributed by atoms with Gasteiger partial charge in [-0.3, -0.25) is 0 Å². The van der Waals surface area contributed by atoms with Crippen LogP contribution in [0.25, 0.3) is 0 Å². The highest BCUT2D eigenvalue weighted by Crippen LogP contribution is 2.51. The number of carbonyl (C=O) groups is 2. The molecule has 1 heterocycles. The van der Waals surface area contributed by atoms with Crippen molar-refractivity contribution in [2.45, 2.75) is 38.3 Å². The van der Waals surface area contributed by atoms with Gasteiger partial charge < -0.3 is 24.8 Å². The summed E-state index contributed by atoms with van der Waals surface area (Å²) >= 11 is 0. The molecule has 146 valence electrons. The van der Waals surface area contributed by atoms with Gasteiger partial charge in [-0.15, -0.1) is 0 Å². The van der Waals surface area contributed by atoms with E-state index in [0.29, 0.717) is 5.57 Å². The standard InChI is InChI=1S/C20H24O7/c1-5-11(7-21)20(25)27-18-15-10(4)19(24)26-17(15)13-8(2)6-12(22)14(13)9(3)16(18)23/h5-6,12-18,21-23H,3-4,7H2,1-2H3/b11-5+/t12-,13+,14-,15+,16-,17-,18+/m1/s1. The third kappa shape index (κ3) is 2.96. The van der Waals surface area contributed by atoms with E-state index in [4.69, 9.17) is 9.47 Å². The Kier molecular flexibility index (Phi) is 5.12. The molecule has 27 heavy (non-hydrogen) atoms. The minimum absolute atomic E-state index is 0.0285. The monoisotopic (exact) mass is 376 g/mol. The Hall–Kier alpha value is -2.22. The zero-order valence-corrected chi connectivity index (χ0v) is 15.3. The van der Waals surface area contributed by atoms with Gasteiger partial charge in [0.2, 0.25) is 0 Å². The first kappa shape index (κ1) is 19.5. The summed E-state index contributed by atoms with van der Waals surface area (Å²) < 4.78 is 11.0. The average Bonchev–Trinajstić information content (AvgIpc) is 3.04. The molecule has 0 spiro atoms. The predicted octanol–water partition coefficient (Wildman–Crippen LogP) is 0.418. The Morgan fingerprint density at radius 3 is 2.56 bits per heavy atom. The van der Waals surface area contributed by atoms with E-state index in [-0.39, 0.29) is 11.1 Å². The molecule has 0 amide bonds. The number of ether oxygens (including phenoxy) is 2. The summed E-state index contributed by atoms with van der Waals surface area (Å²) in [5, 5.41) is 30.6. The van der Waals surface area contributed by atoms with Crippen molar-refractivity contribution >= 4 is 11.9 Å². The molecule has 1 saturated heterocycles. The van der Waals surface area contributed by atoms with Crippen LogP contribution < -0.4 is 0 Å². The van der Waals surface area contributed by atoms with Crippen LogP contribution in [0, 0.1) is 17.8 Å². The Morgan fingerprint density at radius 1 is 1.30 bits per heavy atom. The molecule has 7 heteroatoms. The van der Waals surface area contributed by atoms with Crippen molar-refractivity contribution in [3.05, 3.63) is 47.6 Å². The van der Waals surface area contributed by atoms with Gasteiger partial charge in [0.05, 0.1) is 24.2 Å². The van der Waals surface area contributed by atoms with E-state index in [1.54, 1.807) is 13.0 Å². The number of carbonyl (C=O) groups excluding carboxylic acids is 2. The fraction of sp³-hybridized carbons (Fsp3) is 0.500. The molecule has 2 fully saturated rings. The number of allylic oxidation sites excluding steroid dienone is 1. The van der Waals surface area contributed by atoms with Gasteiger partial charge in [-0.05, 0) is 19.4 Å². The summed E-state index contributed by atoms with van der Waals surface area (Å²) in [6, 6.07) is 0. The van der Waals surface area contributed by atoms with Crippen LogP contribution in [0.2, 0.25) is 0 Å². The van der Waals surface area contributed by atoms with Crippen molar-refractivity contribution in [3.63, 3.8) is 0 Å². The first-order chi connectivity index (χ1) is 12.7. The van der Waals surface area contributed by atoms with Crippen LogP contribution in [0.15, 0.2) is 47.6 Å². The minimum Gasteiger partial charge on any atom is -0.458 e. The molecule has 3 aliphatic rings. The normalized spacial score (nSPS) is 38.7. The number of esters is 2. The fourth-order valence-electron chi connectivity index (χ4n) is 4.40. The second kappa shape index (κ2) is 7.07. The van der Waals surface area contributed by atoms with Crippen molar-refractivity contribution in [1.29, 1.82) is 0 Å². The van der Waals surface area contributed by atoms with Gasteiger partial charge in [-0.2, -0.15) is 0 Å². The largest absolute Gasteiger partial charge is 0.458 e. The number of hydrogen-bond donors (Lipinski definition) is 3. The summed E-state index contributed by atoms with van der Waals surface area (Å²) in [6.45, 7) is 10.6. The second-order valence-corrected chi connectivity index (χ2v) is 7.24. The first-order valence-corrected chi connectivity index (χ1v) is 8.82. The fourth-order valence-corrected chi connectivity index (χ4v) is 4.40. The topological polar surface area (TPSA) is 113 Å². The molecule has 7 atom stereocenters. The molecule has 0 aromatic rings. The number of rotatable bonds is 3. The van der Waals surface area contributed by atoms with Gasteiger partial charge in [0.15, 0.2) is 0 Å². The maximum Gasteiger partial charge on any atom is 0.336 e. The van der Waals surface area contributed by atoms with Crippen molar-refractivity contribution in [2.24, 2.45) is 17.8 Å². The SMILES string of the molecule is C=C1C(=O)O[C@H]2[C@H]1[C@H](OC(=O)/C(=C/C)CO)[C@H](O)C(=C)[C@H]1[C@@H]2C(C)=C[C@H]1O. The Labute approximate surface area is 157 Å². The third-order valence-electron chi connectivity index (χ3n) is 5.83.